The molecule has 0 nitrogen and oxygen atoms in total. The second kappa shape index (κ2) is 288. The summed E-state index contributed by atoms with van der Waals surface area (Å²) in [6.07, 6.45) is 0. The standard InChI is InChI=1S/44K/q44*+1. The van der Waals surface area contributed by atoms with Gasteiger partial charge in [-0.05, 0) is 0 Å². The van der Waals surface area contributed by atoms with Crippen molar-refractivity contribution in [3.05, 3.63) is 0 Å². The molecule has 44 heavy (non-hydrogen) atoms. The van der Waals surface area contributed by atoms with Crippen LogP contribution < -0.4 is 2260 Å². The van der Waals surface area contributed by atoms with E-state index in [4.69, 9.17) is 0 Å². The fourth-order valence-corrected chi connectivity index (χ4v) is 0. The number of hydrogen-bond donors (Lipinski definition) is 0. The molecule has 0 radical (unpaired) electrons. The minimum absolute atomic E-state index is 0. The Bertz CT molecular complexity index is 0. The summed E-state index contributed by atoms with van der Waals surface area (Å²) in [5.74, 6) is 0. The van der Waals surface area contributed by atoms with E-state index in [1.807, 2.05) is 0 Å². The Labute approximate surface area is 2150 Å². The van der Waals surface area contributed by atoms with Crippen LogP contribution in [0.3, 0.4) is 0 Å². The van der Waals surface area contributed by atoms with Crippen LogP contribution in [0.2, 0.25) is 0 Å². The van der Waals surface area contributed by atoms with E-state index in [0.717, 1.165) is 0 Å². The fraction of sp³-hybridized carbons (Fsp3) is 0. The third-order valence-electron chi connectivity index (χ3n) is 0. The summed E-state index contributed by atoms with van der Waals surface area (Å²) >= 11 is 0. The van der Waals surface area contributed by atoms with Gasteiger partial charge in [0.05, 0.1) is 0 Å². The van der Waals surface area contributed by atoms with Crippen molar-refractivity contribution in [2.24, 2.45) is 0 Å². The Kier molecular flexibility index (Phi) is 1940. The average molecular weight is 1720 g/mol. The Hall–Kier alpha value is 72.0. The van der Waals surface area contributed by atoms with Crippen molar-refractivity contribution in [1.29, 1.82) is 0 Å². The Morgan fingerprint density at radius 3 is 0.0227 bits per heavy atom. The maximum Gasteiger partial charge on any atom is 1.00 e. The molecule has 0 amide bonds. The Morgan fingerprint density at radius 2 is 0.0227 bits per heavy atom. The van der Waals surface area contributed by atoms with Gasteiger partial charge in [-0.1, -0.05) is 0 Å². The predicted octanol–water partition coefficient (Wildman–Crippen LogP) is -132. The Morgan fingerprint density at radius 1 is 0.0227 bits per heavy atom. The van der Waals surface area contributed by atoms with Gasteiger partial charge in [0.2, 0.25) is 0 Å². The van der Waals surface area contributed by atoms with Crippen molar-refractivity contribution in [1.82, 2.24) is 0 Å². The van der Waals surface area contributed by atoms with Crippen LogP contribution in [-0.2, 0) is 0 Å². The van der Waals surface area contributed by atoms with E-state index in [1.165, 1.54) is 0 Å². The van der Waals surface area contributed by atoms with Crippen molar-refractivity contribution in [3.8, 4) is 0 Å². The van der Waals surface area contributed by atoms with E-state index in [-0.39, 0.29) is 2260 Å². The molecule has 44 heteroatoms. The summed E-state index contributed by atoms with van der Waals surface area (Å²) in [7, 11) is 0. The molecule has 0 bridgehead atoms. The summed E-state index contributed by atoms with van der Waals surface area (Å²) in [6, 6.07) is 0. The third kappa shape index (κ3) is 281. The molecule has 0 fully saturated rings. The largest absolute Gasteiger partial charge is 1.00 e. The summed E-state index contributed by atoms with van der Waals surface area (Å²) < 4.78 is 0. The molecule has 0 unspecified atom stereocenters. The zero-order chi connectivity index (χ0) is 0. The first-order chi connectivity index (χ1) is 0. The molecule has 0 N–H and O–H groups in total. The van der Waals surface area contributed by atoms with Crippen molar-refractivity contribution in [2.75, 3.05) is 0 Å². The summed E-state index contributed by atoms with van der Waals surface area (Å²) in [6.45, 7) is 0. The van der Waals surface area contributed by atoms with E-state index >= 15 is 0 Å². The third-order valence-corrected chi connectivity index (χ3v) is 0. The van der Waals surface area contributed by atoms with E-state index in [0.29, 0.717) is 0 Å². The van der Waals surface area contributed by atoms with Crippen LogP contribution in [0.15, 0.2) is 0 Å². The molecule has 0 rings (SSSR count). The summed E-state index contributed by atoms with van der Waals surface area (Å²) in [4.78, 5) is 0. The van der Waals surface area contributed by atoms with Gasteiger partial charge in [-0.2, -0.15) is 0 Å². The van der Waals surface area contributed by atoms with Gasteiger partial charge >= 0.3 is 2260 Å². The van der Waals surface area contributed by atoms with Gasteiger partial charge in [-0.3, -0.25) is 0 Å². The van der Waals surface area contributed by atoms with Gasteiger partial charge in [0.1, 0.15) is 0 Å². The minimum Gasteiger partial charge on any atom is 1.00 e. The number of rotatable bonds is 0. The van der Waals surface area contributed by atoms with E-state index in [9.17, 15) is 0 Å². The minimum atomic E-state index is 0. The molecule has 0 aliphatic carbocycles. The molecule has 0 aromatic carbocycles. The molecule has 0 aromatic heterocycles. The maximum absolute atomic E-state index is 0. The predicted molar refractivity (Wildman–Crippen MR) is 0 cm³/mol. The SMILES string of the molecule is [K+].[K+].[K+].[K+].[K+].[K+].[K+].[K+].[K+].[K+].[K+].[K+].[K+].[K+].[K+].[K+].[K+].[K+].[K+].[K+].[K+].[K+].[K+].[K+].[K+].[K+].[K+].[K+].[K+].[K+].[K+].[K+].[K+].[K+].[K+].[K+].[K+].[K+].[K+].[K+].[K+].[K+].[K+].[K+]. The molecule has 0 saturated heterocycles. The second-order valence-corrected chi connectivity index (χ2v) is 0. The molecule has 0 aliphatic heterocycles. The molecule has 0 valence electrons. The molecule has 0 aliphatic rings. The second-order valence-electron chi connectivity index (χ2n) is 0. The quantitative estimate of drug-likeness (QED) is 0.212. The van der Waals surface area contributed by atoms with E-state index < -0.39 is 0 Å². The molecule has 0 saturated carbocycles. The maximum atomic E-state index is 0. The molecule has 0 spiro atoms. The average Bonchev–Trinajstić information content (AvgIpc) is 0. The fourth-order valence-electron chi connectivity index (χ4n) is 0. The molecule has 0 atom stereocenters. The normalized spacial score (nSPS) is 0. The summed E-state index contributed by atoms with van der Waals surface area (Å²) in [5.41, 5.74) is 0. The molecule has 0 heterocycles. The van der Waals surface area contributed by atoms with Crippen LogP contribution in [0, 0.1) is 0 Å². The van der Waals surface area contributed by atoms with Gasteiger partial charge in [0, 0.05) is 0 Å². The van der Waals surface area contributed by atoms with Crippen LogP contribution in [0.5, 0.6) is 0 Å². The van der Waals surface area contributed by atoms with Crippen molar-refractivity contribution in [2.45, 2.75) is 0 Å². The first-order valence-corrected chi connectivity index (χ1v) is 0. The zero-order valence-electron chi connectivity index (χ0n) is 44.0. The van der Waals surface area contributed by atoms with E-state index in [1.54, 1.807) is 0 Å². The first-order valence-electron chi connectivity index (χ1n) is 0. The van der Waals surface area contributed by atoms with Crippen LogP contribution >= 0.6 is 0 Å². The Balaban J connectivity index is 0. The van der Waals surface area contributed by atoms with Crippen LogP contribution in [-0.4, -0.2) is 0 Å². The van der Waals surface area contributed by atoms with Crippen LogP contribution in [0.4, 0.5) is 0 Å². The topological polar surface area (TPSA) is 0 Å². The molecular weight excluding hydrogens is 1720 g/mol. The molecular formula is K44+44. The number of hydrogen-bond acceptors (Lipinski definition) is 0. The smallest absolute Gasteiger partial charge is 1.00 e. The molecule has 0 aromatic rings. The van der Waals surface area contributed by atoms with Crippen molar-refractivity contribution in [3.63, 3.8) is 0 Å². The first kappa shape index (κ1) is 296. The van der Waals surface area contributed by atoms with Gasteiger partial charge in [-0.15, -0.1) is 0 Å². The van der Waals surface area contributed by atoms with Gasteiger partial charge in [0.25, 0.3) is 0 Å². The van der Waals surface area contributed by atoms with Crippen molar-refractivity contribution >= 4 is 0 Å². The van der Waals surface area contributed by atoms with Gasteiger partial charge < -0.3 is 0 Å². The van der Waals surface area contributed by atoms with Gasteiger partial charge in [0.15, 0.2) is 0 Å². The van der Waals surface area contributed by atoms with Crippen LogP contribution in [0.1, 0.15) is 0 Å². The van der Waals surface area contributed by atoms with Crippen LogP contribution in [0.25, 0.3) is 0 Å². The van der Waals surface area contributed by atoms with E-state index in [2.05, 4.69) is 0 Å². The zero-order valence-corrected chi connectivity index (χ0v) is 181. The van der Waals surface area contributed by atoms with Gasteiger partial charge in [-0.25, -0.2) is 0 Å². The monoisotopic (exact) mass is 1710 g/mol. The van der Waals surface area contributed by atoms with Crippen molar-refractivity contribution < 1.29 is 2260 Å². The summed E-state index contributed by atoms with van der Waals surface area (Å²) in [5, 5.41) is 0.